The van der Waals surface area contributed by atoms with Crippen LogP contribution < -0.4 is 14.9 Å². The van der Waals surface area contributed by atoms with Crippen LogP contribution in [0.4, 0.5) is 0 Å². The zero-order chi connectivity index (χ0) is 25.4. The fourth-order valence-electron chi connectivity index (χ4n) is 4.04. The fourth-order valence-corrected chi connectivity index (χ4v) is 4.04. The summed E-state index contributed by atoms with van der Waals surface area (Å²) < 4.78 is 17.5. The van der Waals surface area contributed by atoms with Gasteiger partial charge in [0.05, 0.1) is 10.8 Å². The maximum Gasteiger partial charge on any atom is 0.200 e. The molecule has 0 radical (unpaired) electrons. The number of nitrogens with zero attached hydrogens (tertiary/aromatic N) is 2. The molecule has 1 heterocycles. The summed E-state index contributed by atoms with van der Waals surface area (Å²) in [5.41, 5.74) is 0.663. The van der Waals surface area contributed by atoms with Gasteiger partial charge in [-0.2, -0.15) is 0 Å². The summed E-state index contributed by atoms with van der Waals surface area (Å²) in [6.45, 7) is 13.0. The average Bonchev–Trinajstić information content (AvgIpc) is 2.87. The Kier molecular flexibility index (Phi) is 9.92. The van der Waals surface area contributed by atoms with Crippen molar-refractivity contribution in [1.29, 1.82) is 0 Å². The molecule has 0 saturated heterocycles. The predicted molar refractivity (Wildman–Crippen MR) is 139 cm³/mol. The van der Waals surface area contributed by atoms with Crippen LogP contribution >= 0.6 is 0 Å². The molecule has 2 aromatic carbocycles. The molecule has 1 aromatic heterocycles. The van der Waals surface area contributed by atoms with E-state index in [1.807, 2.05) is 0 Å². The molecule has 0 fully saturated rings. The molecule has 192 valence electrons. The molecule has 0 bridgehead atoms. The Balaban J connectivity index is 1.73. The molecule has 2 unspecified atom stereocenters. The Labute approximate surface area is 206 Å². The second-order valence-corrected chi connectivity index (χ2v) is 8.65. The lowest BCUT2D eigenvalue weighted by Crippen LogP contribution is -2.35. The molecule has 35 heavy (non-hydrogen) atoms. The van der Waals surface area contributed by atoms with Gasteiger partial charge in [-0.1, -0.05) is 27.7 Å². The van der Waals surface area contributed by atoms with Crippen LogP contribution in [-0.4, -0.2) is 84.7 Å². The van der Waals surface area contributed by atoms with Crippen LogP contribution in [0.3, 0.4) is 0 Å². The van der Waals surface area contributed by atoms with E-state index in [2.05, 4.69) is 37.5 Å². The molecule has 0 aliphatic heterocycles. The van der Waals surface area contributed by atoms with Gasteiger partial charge in [-0.05, 0) is 50.4 Å². The van der Waals surface area contributed by atoms with Crippen molar-refractivity contribution in [3.05, 3.63) is 46.6 Å². The highest BCUT2D eigenvalue weighted by Gasteiger charge is 2.14. The maximum atomic E-state index is 13.0. The Hall–Kier alpha value is -2.65. The van der Waals surface area contributed by atoms with Crippen molar-refractivity contribution in [2.24, 2.45) is 0 Å². The summed E-state index contributed by atoms with van der Waals surface area (Å²) in [6.07, 6.45) is -1.24. The number of aliphatic hydroxyl groups is 2. The van der Waals surface area contributed by atoms with Crippen LogP contribution in [-0.2, 0) is 0 Å². The van der Waals surface area contributed by atoms with E-state index < -0.39 is 12.2 Å². The normalized spacial score (nSPS) is 13.6. The molecule has 0 amide bonds. The van der Waals surface area contributed by atoms with Crippen LogP contribution in [0.1, 0.15) is 27.7 Å². The minimum Gasteiger partial charge on any atom is -0.491 e. The number of benzene rings is 2. The zero-order valence-electron chi connectivity index (χ0n) is 21.2. The SMILES string of the molecule is CCN(CC)CC(O)COc1ccc2c(=O)c3ccc(OCC(O)CN(CC)CC)cc3oc2c1. The quantitative estimate of drug-likeness (QED) is 0.336. The molecule has 2 atom stereocenters. The molecule has 8 nitrogen and oxygen atoms in total. The Morgan fingerprint density at radius 1 is 0.743 bits per heavy atom. The highest BCUT2D eigenvalue weighted by molar-refractivity contribution is 5.90. The molecular formula is C27H38N2O6. The van der Waals surface area contributed by atoms with Gasteiger partial charge < -0.3 is 33.9 Å². The van der Waals surface area contributed by atoms with Crippen molar-refractivity contribution in [1.82, 2.24) is 9.80 Å². The van der Waals surface area contributed by atoms with Crippen LogP contribution in [0, 0.1) is 0 Å². The second kappa shape index (κ2) is 12.9. The van der Waals surface area contributed by atoms with Gasteiger partial charge in [-0.3, -0.25) is 4.79 Å². The number of hydrogen-bond acceptors (Lipinski definition) is 8. The van der Waals surface area contributed by atoms with Gasteiger partial charge in [-0.15, -0.1) is 0 Å². The van der Waals surface area contributed by atoms with E-state index in [1.54, 1.807) is 36.4 Å². The van der Waals surface area contributed by atoms with Crippen LogP contribution in [0.25, 0.3) is 21.9 Å². The van der Waals surface area contributed by atoms with Crippen molar-refractivity contribution >= 4 is 21.9 Å². The van der Waals surface area contributed by atoms with E-state index in [-0.39, 0.29) is 18.6 Å². The number of rotatable bonds is 14. The lowest BCUT2D eigenvalue weighted by molar-refractivity contribution is 0.0716. The average molecular weight is 487 g/mol. The zero-order valence-corrected chi connectivity index (χ0v) is 21.2. The molecule has 2 N–H and O–H groups in total. The number of fused-ring (bicyclic) bond motifs is 2. The molecule has 0 aliphatic carbocycles. The van der Waals surface area contributed by atoms with E-state index in [4.69, 9.17) is 13.9 Å². The summed E-state index contributed by atoms with van der Waals surface area (Å²) in [7, 11) is 0. The van der Waals surface area contributed by atoms with Gasteiger partial charge in [0.25, 0.3) is 0 Å². The largest absolute Gasteiger partial charge is 0.491 e. The predicted octanol–water partition coefficient (Wildman–Crippen LogP) is 3.11. The molecule has 3 aromatic rings. The lowest BCUT2D eigenvalue weighted by atomic mass is 10.1. The minimum absolute atomic E-state index is 0.137. The van der Waals surface area contributed by atoms with E-state index in [9.17, 15) is 15.0 Å². The summed E-state index contributed by atoms with van der Waals surface area (Å²) in [5, 5.41) is 21.4. The minimum atomic E-state index is -0.619. The van der Waals surface area contributed by atoms with Crippen LogP contribution in [0.5, 0.6) is 11.5 Å². The van der Waals surface area contributed by atoms with Gasteiger partial charge in [0.15, 0.2) is 0 Å². The first-order valence-electron chi connectivity index (χ1n) is 12.4. The summed E-state index contributed by atoms with van der Waals surface area (Å²) in [4.78, 5) is 17.2. The van der Waals surface area contributed by atoms with Gasteiger partial charge in [0.1, 0.15) is 48.1 Å². The van der Waals surface area contributed by atoms with Crippen molar-refractivity contribution < 1.29 is 24.1 Å². The Bertz CT molecular complexity index is 1050. The fraction of sp³-hybridized carbons (Fsp3) is 0.519. The molecule has 0 saturated carbocycles. The first kappa shape index (κ1) is 26.9. The molecule has 3 rings (SSSR count). The Morgan fingerprint density at radius 3 is 1.51 bits per heavy atom. The first-order chi connectivity index (χ1) is 16.9. The summed E-state index contributed by atoms with van der Waals surface area (Å²) >= 11 is 0. The van der Waals surface area contributed by atoms with Crippen molar-refractivity contribution in [3.8, 4) is 11.5 Å². The molecule has 0 aliphatic rings. The third kappa shape index (κ3) is 7.18. The van der Waals surface area contributed by atoms with E-state index in [1.165, 1.54) is 0 Å². The lowest BCUT2D eigenvalue weighted by Gasteiger charge is -2.22. The highest BCUT2D eigenvalue weighted by Crippen LogP contribution is 2.26. The van der Waals surface area contributed by atoms with Gasteiger partial charge in [0.2, 0.25) is 5.43 Å². The standard InChI is InChI=1S/C27H38N2O6/c1-5-28(6-2)15-19(30)17-33-21-9-11-23-25(13-21)35-26-14-22(10-12-24(26)27(23)32)34-18-20(31)16-29(7-3)8-4/h9-14,19-20,30-31H,5-8,15-18H2,1-4H3. The van der Waals surface area contributed by atoms with Gasteiger partial charge in [0, 0.05) is 25.2 Å². The third-order valence-electron chi connectivity index (χ3n) is 6.23. The smallest absolute Gasteiger partial charge is 0.200 e. The number of likely N-dealkylation sites (N-methyl/N-ethyl adjacent to an activating group) is 2. The summed E-state index contributed by atoms with van der Waals surface area (Å²) in [6, 6.07) is 10.1. The second-order valence-electron chi connectivity index (χ2n) is 8.65. The van der Waals surface area contributed by atoms with Gasteiger partial charge >= 0.3 is 0 Å². The monoisotopic (exact) mass is 486 g/mol. The van der Waals surface area contributed by atoms with Crippen molar-refractivity contribution in [3.63, 3.8) is 0 Å². The molecular weight excluding hydrogens is 448 g/mol. The van der Waals surface area contributed by atoms with Crippen molar-refractivity contribution in [2.45, 2.75) is 39.9 Å². The maximum absolute atomic E-state index is 13.0. The van der Waals surface area contributed by atoms with E-state index in [0.717, 1.165) is 26.2 Å². The third-order valence-corrected chi connectivity index (χ3v) is 6.23. The van der Waals surface area contributed by atoms with Crippen LogP contribution in [0.2, 0.25) is 0 Å². The highest BCUT2D eigenvalue weighted by atomic mass is 16.5. The first-order valence-corrected chi connectivity index (χ1v) is 12.4. The Morgan fingerprint density at radius 2 is 1.14 bits per heavy atom. The molecule has 0 spiro atoms. The van der Waals surface area contributed by atoms with Crippen molar-refractivity contribution in [2.75, 3.05) is 52.5 Å². The number of hydrogen-bond donors (Lipinski definition) is 2. The van der Waals surface area contributed by atoms with Crippen LogP contribution in [0.15, 0.2) is 45.6 Å². The number of ether oxygens (including phenoxy) is 2. The van der Waals surface area contributed by atoms with Gasteiger partial charge in [-0.25, -0.2) is 0 Å². The summed E-state index contributed by atoms with van der Waals surface area (Å²) in [5.74, 6) is 1.04. The van der Waals surface area contributed by atoms with E-state index in [0.29, 0.717) is 46.5 Å². The number of aliphatic hydroxyl groups excluding tert-OH is 2. The van der Waals surface area contributed by atoms with E-state index >= 15 is 0 Å². The molecule has 8 heteroatoms. The topological polar surface area (TPSA) is 95.6 Å².